The number of aromatic nitrogens is 1. The molecule has 8 heteroatoms. The molecule has 6 nitrogen and oxygen atoms in total. The molecule has 4 heterocycles. The first-order chi connectivity index (χ1) is 12.1. The summed E-state index contributed by atoms with van der Waals surface area (Å²) in [6.07, 6.45) is 8.06. The molecule has 0 bridgehead atoms. The Balaban J connectivity index is 1.64. The maximum atomic E-state index is 13.7. The Bertz CT molecular complexity index is 709. The third kappa shape index (κ3) is 3.58. The molecule has 4 rings (SSSR count). The quantitative estimate of drug-likeness (QED) is 0.459. The van der Waals surface area contributed by atoms with Crippen molar-refractivity contribution in [3.8, 4) is 0 Å². The van der Waals surface area contributed by atoms with Crippen molar-refractivity contribution in [1.82, 2.24) is 15.2 Å². The summed E-state index contributed by atoms with van der Waals surface area (Å²) in [7, 11) is 0. The Hall–Kier alpha value is -1.09. The molecule has 2 unspecified atom stereocenters. The van der Waals surface area contributed by atoms with Crippen molar-refractivity contribution in [3.05, 3.63) is 45.5 Å². The Morgan fingerprint density at radius 2 is 2.36 bits per heavy atom. The summed E-state index contributed by atoms with van der Waals surface area (Å²) in [6, 6.07) is 4.17. The summed E-state index contributed by atoms with van der Waals surface area (Å²) in [5.41, 5.74) is 2.06. The van der Waals surface area contributed by atoms with Gasteiger partial charge in [-0.05, 0) is 47.2 Å². The minimum Gasteiger partial charge on any atom is -0.632 e. The Labute approximate surface area is 160 Å². The zero-order chi connectivity index (χ0) is 17.4. The van der Waals surface area contributed by atoms with Crippen LogP contribution in [-0.2, 0) is 6.54 Å². The van der Waals surface area contributed by atoms with Crippen LogP contribution in [-0.4, -0.2) is 57.8 Å². The van der Waals surface area contributed by atoms with E-state index in [1.165, 1.54) is 0 Å². The van der Waals surface area contributed by atoms with E-state index in [4.69, 9.17) is 4.99 Å². The first kappa shape index (κ1) is 17.3. The molecule has 134 valence electrons. The number of pyridine rings is 1. The van der Waals surface area contributed by atoms with Gasteiger partial charge in [-0.15, -0.1) is 11.8 Å². The van der Waals surface area contributed by atoms with Crippen molar-refractivity contribution in [2.45, 2.75) is 30.9 Å². The van der Waals surface area contributed by atoms with Crippen LogP contribution in [0.5, 0.6) is 0 Å². The minimum absolute atomic E-state index is 0.0438. The van der Waals surface area contributed by atoms with Gasteiger partial charge in [0.15, 0.2) is 5.50 Å². The lowest BCUT2D eigenvalue weighted by molar-refractivity contribution is -0.889. The molecule has 3 aliphatic heterocycles. The zero-order valence-electron chi connectivity index (χ0n) is 14.2. The van der Waals surface area contributed by atoms with Gasteiger partial charge in [-0.3, -0.25) is 0 Å². The van der Waals surface area contributed by atoms with Crippen LogP contribution in [0.2, 0.25) is 0 Å². The summed E-state index contributed by atoms with van der Waals surface area (Å²) in [6.45, 7) is 2.51. The number of fused-ring (bicyclic) bond motifs is 3. The van der Waals surface area contributed by atoms with Crippen LogP contribution in [0.15, 0.2) is 39.7 Å². The predicted molar refractivity (Wildman–Crippen MR) is 105 cm³/mol. The zero-order valence-corrected chi connectivity index (χ0v) is 16.6. The first-order valence-electron chi connectivity index (χ1n) is 8.56. The van der Waals surface area contributed by atoms with Crippen molar-refractivity contribution in [3.63, 3.8) is 0 Å². The molecule has 2 saturated heterocycles. The molecule has 1 aromatic rings. The summed E-state index contributed by atoms with van der Waals surface area (Å²) in [4.78, 5) is 11.5. The topological polar surface area (TPSA) is 63.6 Å². The molecule has 0 amide bonds. The summed E-state index contributed by atoms with van der Waals surface area (Å²) < 4.78 is 0.546. The van der Waals surface area contributed by atoms with Crippen LogP contribution in [0.25, 0.3) is 0 Å². The lowest BCUT2D eigenvalue weighted by Gasteiger charge is -2.43. The van der Waals surface area contributed by atoms with Gasteiger partial charge in [0.25, 0.3) is 0 Å². The predicted octanol–water partition coefficient (Wildman–Crippen LogP) is 2.67. The maximum absolute atomic E-state index is 13.7. The van der Waals surface area contributed by atoms with Crippen LogP contribution in [0.1, 0.15) is 18.4 Å². The molecule has 0 aromatic carbocycles. The summed E-state index contributed by atoms with van der Waals surface area (Å²) in [5.74, 6) is 1.03. The van der Waals surface area contributed by atoms with Gasteiger partial charge < -0.3 is 20.1 Å². The normalized spacial score (nSPS) is 31.4. The van der Waals surface area contributed by atoms with Crippen LogP contribution in [0.4, 0.5) is 0 Å². The highest BCUT2D eigenvalue weighted by Gasteiger charge is 2.40. The number of hydrogen-bond donors (Lipinski definition) is 1. The van der Waals surface area contributed by atoms with E-state index in [0.717, 1.165) is 41.0 Å². The van der Waals surface area contributed by atoms with Crippen LogP contribution >= 0.6 is 27.7 Å². The van der Waals surface area contributed by atoms with Crippen LogP contribution < -0.4 is 5.32 Å². The van der Waals surface area contributed by atoms with E-state index in [1.54, 1.807) is 18.0 Å². The molecule has 1 aromatic heterocycles. The number of hydroxylamine groups is 3. The minimum atomic E-state index is -0.249. The number of thioether (sulfide) groups is 1. The second-order valence-corrected chi connectivity index (χ2v) is 8.64. The van der Waals surface area contributed by atoms with Crippen molar-refractivity contribution in [2.75, 3.05) is 25.9 Å². The number of hydrogen-bond acceptors (Lipinski definition) is 6. The second-order valence-electron chi connectivity index (χ2n) is 6.91. The number of quaternary nitrogens is 1. The average molecular weight is 424 g/mol. The van der Waals surface area contributed by atoms with Gasteiger partial charge >= 0.3 is 0 Å². The second kappa shape index (κ2) is 6.90. The first-order valence-corrected chi connectivity index (χ1v) is 10.6. The van der Waals surface area contributed by atoms with Crippen molar-refractivity contribution < 1.29 is 4.65 Å². The number of rotatable bonds is 3. The number of aliphatic imine (C=N–C) groups is 1. The number of amidine groups is 1. The van der Waals surface area contributed by atoms with E-state index in [2.05, 4.69) is 31.1 Å². The highest BCUT2D eigenvalue weighted by molar-refractivity contribution is 9.10. The summed E-state index contributed by atoms with van der Waals surface area (Å²) in [5, 5.41) is 17.0. The molecule has 3 atom stereocenters. The van der Waals surface area contributed by atoms with Crippen molar-refractivity contribution >= 4 is 33.5 Å². The lowest BCUT2D eigenvalue weighted by Crippen LogP contribution is -2.47. The van der Waals surface area contributed by atoms with Gasteiger partial charge in [-0.2, -0.15) is 0 Å². The van der Waals surface area contributed by atoms with Gasteiger partial charge in [-0.25, -0.2) is 9.98 Å². The molecular weight excluding hydrogens is 402 g/mol. The van der Waals surface area contributed by atoms with E-state index in [1.807, 2.05) is 24.6 Å². The lowest BCUT2D eigenvalue weighted by atomic mass is 10.1. The number of halogens is 1. The van der Waals surface area contributed by atoms with E-state index < -0.39 is 0 Å². The molecular formula is C17H22BrN5OS. The third-order valence-electron chi connectivity index (χ3n) is 5.06. The van der Waals surface area contributed by atoms with E-state index in [-0.39, 0.29) is 16.2 Å². The molecule has 0 saturated carbocycles. The fraction of sp³-hybridized carbons (Fsp3) is 0.529. The molecule has 3 aliphatic rings. The molecule has 0 radical (unpaired) electrons. The SMILES string of the molecule is CS[C@@H]1N=C2C(=CN1)C[N+]([O-])(Cc1ccc(Br)nc1)CC1CCCN21. The Morgan fingerprint density at radius 1 is 1.48 bits per heavy atom. The van der Waals surface area contributed by atoms with Crippen LogP contribution in [0.3, 0.4) is 0 Å². The third-order valence-corrected chi connectivity index (χ3v) is 6.22. The average Bonchev–Trinajstić information content (AvgIpc) is 3.00. The van der Waals surface area contributed by atoms with Crippen molar-refractivity contribution in [2.24, 2.45) is 4.99 Å². The van der Waals surface area contributed by atoms with Crippen LogP contribution in [0, 0.1) is 5.21 Å². The van der Waals surface area contributed by atoms with Gasteiger partial charge in [0, 0.05) is 24.5 Å². The molecule has 0 spiro atoms. The van der Waals surface area contributed by atoms with Gasteiger partial charge in [0.2, 0.25) is 0 Å². The number of nitrogens with one attached hydrogen (secondary N) is 1. The molecule has 2 fully saturated rings. The summed E-state index contributed by atoms with van der Waals surface area (Å²) >= 11 is 5.04. The Kier molecular flexibility index (Phi) is 4.79. The Morgan fingerprint density at radius 3 is 3.12 bits per heavy atom. The molecule has 0 aliphatic carbocycles. The largest absolute Gasteiger partial charge is 0.632 e. The van der Waals surface area contributed by atoms with Gasteiger partial charge in [0.05, 0.1) is 18.2 Å². The van der Waals surface area contributed by atoms with E-state index in [9.17, 15) is 5.21 Å². The molecule has 25 heavy (non-hydrogen) atoms. The highest BCUT2D eigenvalue weighted by Crippen LogP contribution is 2.32. The molecule has 1 N–H and O–H groups in total. The monoisotopic (exact) mass is 423 g/mol. The van der Waals surface area contributed by atoms with E-state index in [0.29, 0.717) is 19.6 Å². The number of nitrogens with zero attached hydrogens (tertiary/aromatic N) is 4. The van der Waals surface area contributed by atoms with Gasteiger partial charge in [0.1, 0.15) is 23.5 Å². The smallest absolute Gasteiger partial charge is 0.168 e. The van der Waals surface area contributed by atoms with E-state index >= 15 is 0 Å². The fourth-order valence-electron chi connectivity index (χ4n) is 3.98. The standard InChI is InChI=1S/C17H22BrN5OS/c1-25-17-20-8-13-10-23(24,9-12-4-5-15(18)19-7-12)11-14-3-2-6-22(14)16(13)21-17/h4-5,7-8,14,17,20H,2-3,6,9-11H2,1H3/t14?,17-,23?/m0/s1. The maximum Gasteiger partial charge on any atom is 0.168 e. The fourth-order valence-corrected chi connectivity index (χ4v) is 4.62. The van der Waals surface area contributed by atoms with Gasteiger partial charge in [-0.1, -0.05) is 0 Å². The highest BCUT2D eigenvalue weighted by atomic mass is 79.9. The van der Waals surface area contributed by atoms with Crippen molar-refractivity contribution in [1.29, 1.82) is 0 Å².